The molecule has 156 valence electrons. The second kappa shape index (κ2) is 7.42. The Morgan fingerprint density at radius 2 is 1.66 bits per heavy atom. The van der Waals surface area contributed by atoms with E-state index in [1.54, 1.807) is 0 Å². The van der Waals surface area contributed by atoms with Crippen LogP contribution >= 0.6 is 0 Å². The smallest absolute Gasteiger partial charge is 0.253 e. The van der Waals surface area contributed by atoms with E-state index in [1.807, 2.05) is 29.2 Å². The highest BCUT2D eigenvalue weighted by Gasteiger charge is 2.54. The number of hydrogen-bond acceptors (Lipinski definition) is 3. The summed E-state index contributed by atoms with van der Waals surface area (Å²) < 4.78 is 0. The number of hydrogen-bond donors (Lipinski definition) is 2. The summed E-state index contributed by atoms with van der Waals surface area (Å²) in [5, 5.41) is 3.22. The SMILES string of the molecule is NC1CCCN(C(=O)c2ccc(CNC(=O)C34CC5CC(CC(C5)C3)C4)cc2)C1. The Bertz CT molecular complexity index is 753. The van der Waals surface area contributed by atoms with E-state index in [-0.39, 0.29) is 23.3 Å². The molecular weight excluding hydrogens is 362 g/mol. The number of carbonyl (C=O) groups excluding carboxylic acids is 2. The molecular formula is C24H33N3O2. The van der Waals surface area contributed by atoms with Gasteiger partial charge in [-0.25, -0.2) is 0 Å². The summed E-state index contributed by atoms with van der Waals surface area (Å²) in [7, 11) is 0. The fourth-order valence-electron chi connectivity index (χ4n) is 6.90. The lowest BCUT2D eigenvalue weighted by Gasteiger charge is -2.55. The number of carbonyl (C=O) groups is 2. The fraction of sp³-hybridized carbons (Fsp3) is 0.667. The summed E-state index contributed by atoms with van der Waals surface area (Å²) >= 11 is 0. The lowest BCUT2D eigenvalue weighted by molar-refractivity contribution is -0.146. The van der Waals surface area contributed by atoms with E-state index in [2.05, 4.69) is 5.32 Å². The van der Waals surface area contributed by atoms with Crippen molar-refractivity contribution in [3.8, 4) is 0 Å². The highest BCUT2D eigenvalue weighted by Crippen LogP contribution is 2.60. The molecule has 1 aromatic carbocycles. The molecule has 4 aliphatic carbocycles. The highest BCUT2D eigenvalue weighted by atomic mass is 16.2. The summed E-state index contributed by atoms with van der Waals surface area (Å²) in [6.45, 7) is 1.97. The van der Waals surface area contributed by atoms with Gasteiger partial charge in [-0.15, -0.1) is 0 Å². The first-order valence-corrected chi connectivity index (χ1v) is 11.4. The number of nitrogens with zero attached hydrogens (tertiary/aromatic N) is 1. The molecule has 1 aromatic rings. The summed E-state index contributed by atoms with van der Waals surface area (Å²) in [6.07, 6.45) is 9.30. The van der Waals surface area contributed by atoms with Crippen LogP contribution in [0, 0.1) is 23.2 Å². The minimum atomic E-state index is -0.0995. The monoisotopic (exact) mass is 395 g/mol. The van der Waals surface area contributed by atoms with Crippen LogP contribution < -0.4 is 11.1 Å². The third kappa shape index (κ3) is 3.70. The molecule has 5 nitrogen and oxygen atoms in total. The van der Waals surface area contributed by atoms with Crippen LogP contribution in [0.2, 0.25) is 0 Å². The molecule has 5 fully saturated rings. The molecule has 1 atom stereocenters. The number of piperidine rings is 1. The van der Waals surface area contributed by atoms with E-state index in [9.17, 15) is 9.59 Å². The molecule has 29 heavy (non-hydrogen) atoms. The molecule has 3 N–H and O–H groups in total. The van der Waals surface area contributed by atoms with Gasteiger partial charge in [0.1, 0.15) is 0 Å². The maximum absolute atomic E-state index is 13.1. The van der Waals surface area contributed by atoms with E-state index >= 15 is 0 Å². The molecule has 1 heterocycles. The van der Waals surface area contributed by atoms with Crippen LogP contribution in [0.15, 0.2) is 24.3 Å². The summed E-state index contributed by atoms with van der Waals surface area (Å²) in [6, 6.07) is 7.80. The third-order valence-corrected chi connectivity index (χ3v) is 7.92. The van der Waals surface area contributed by atoms with Gasteiger partial charge in [-0.1, -0.05) is 12.1 Å². The molecule has 0 aromatic heterocycles. The normalized spacial score (nSPS) is 35.6. The zero-order chi connectivity index (χ0) is 20.0. The predicted molar refractivity (Wildman–Crippen MR) is 112 cm³/mol. The zero-order valence-corrected chi connectivity index (χ0v) is 17.2. The number of nitrogens with two attached hydrogens (primary N) is 1. The van der Waals surface area contributed by atoms with Crippen LogP contribution in [0.3, 0.4) is 0 Å². The van der Waals surface area contributed by atoms with Gasteiger partial charge in [-0.2, -0.15) is 0 Å². The maximum Gasteiger partial charge on any atom is 0.253 e. The Labute approximate surface area is 173 Å². The van der Waals surface area contributed by atoms with Crippen molar-refractivity contribution in [2.24, 2.45) is 28.9 Å². The van der Waals surface area contributed by atoms with Crippen molar-refractivity contribution in [1.29, 1.82) is 0 Å². The minimum absolute atomic E-state index is 0.0595. The van der Waals surface area contributed by atoms with E-state index < -0.39 is 0 Å². The van der Waals surface area contributed by atoms with E-state index in [4.69, 9.17) is 5.73 Å². The van der Waals surface area contributed by atoms with Gasteiger partial charge in [0.2, 0.25) is 5.91 Å². The molecule has 6 rings (SSSR count). The Morgan fingerprint density at radius 3 is 2.24 bits per heavy atom. The Hall–Kier alpha value is -1.88. The van der Waals surface area contributed by atoms with Crippen molar-refractivity contribution >= 4 is 11.8 Å². The van der Waals surface area contributed by atoms with Gasteiger partial charge in [-0.3, -0.25) is 9.59 Å². The maximum atomic E-state index is 13.1. The average Bonchev–Trinajstić information content (AvgIpc) is 2.71. The summed E-state index contributed by atoms with van der Waals surface area (Å²) in [5.41, 5.74) is 7.66. The first kappa shape index (κ1) is 19.1. The van der Waals surface area contributed by atoms with E-state index in [0.717, 1.165) is 62.0 Å². The largest absolute Gasteiger partial charge is 0.352 e. The Balaban J connectivity index is 1.19. The molecule has 4 saturated carbocycles. The first-order chi connectivity index (χ1) is 14.0. The van der Waals surface area contributed by atoms with Crippen molar-refractivity contribution in [1.82, 2.24) is 10.2 Å². The third-order valence-electron chi connectivity index (χ3n) is 7.92. The number of rotatable bonds is 4. The van der Waals surface area contributed by atoms with Crippen LogP contribution in [0.25, 0.3) is 0 Å². The van der Waals surface area contributed by atoms with Crippen molar-refractivity contribution in [2.75, 3.05) is 13.1 Å². The molecule has 2 amide bonds. The van der Waals surface area contributed by atoms with Gasteiger partial charge in [0.05, 0.1) is 0 Å². The van der Waals surface area contributed by atoms with E-state index in [0.29, 0.717) is 18.7 Å². The molecule has 4 bridgehead atoms. The lowest BCUT2D eigenvalue weighted by atomic mass is 9.49. The second-order valence-electron chi connectivity index (χ2n) is 10.2. The molecule has 5 aliphatic rings. The number of likely N-dealkylation sites (tertiary alicyclic amines) is 1. The fourth-order valence-corrected chi connectivity index (χ4v) is 6.90. The highest BCUT2D eigenvalue weighted by molar-refractivity contribution is 5.94. The number of nitrogens with one attached hydrogen (secondary N) is 1. The van der Waals surface area contributed by atoms with Gasteiger partial charge < -0.3 is 16.0 Å². The van der Waals surface area contributed by atoms with Crippen LogP contribution in [-0.2, 0) is 11.3 Å². The van der Waals surface area contributed by atoms with Gasteiger partial charge in [-0.05, 0) is 86.8 Å². The van der Waals surface area contributed by atoms with Crippen molar-refractivity contribution in [3.05, 3.63) is 35.4 Å². The lowest BCUT2D eigenvalue weighted by Crippen LogP contribution is -2.53. The zero-order valence-electron chi connectivity index (χ0n) is 17.2. The van der Waals surface area contributed by atoms with Crippen LogP contribution in [0.1, 0.15) is 67.3 Å². The van der Waals surface area contributed by atoms with Crippen molar-refractivity contribution in [2.45, 2.75) is 64.0 Å². The first-order valence-electron chi connectivity index (χ1n) is 11.4. The molecule has 0 spiro atoms. The summed E-state index contributed by atoms with van der Waals surface area (Å²) in [5.74, 6) is 2.66. The van der Waals surface area contributed by atoms with E-state index in [1.165, 1.54) is 19.3 Å². The second-order valence-corrected chi connectivity index (χ2v) is 10.2. The average molecular weight is 396 g/mol. The van der Waals surface area contributed by atoms with Gasteiger partial charge in [0.25, 0.3) is 5.91 Å². The minimum Gasteiger partial charge on any atom is -0.352 e. The molecule has 1 aliphatic heterocycles. The standard InChI is InChI=1S/C24H33N3O2/c25-21-2-1-7-27(15-21)22(28)20-5-3-16(4-6-20)14-26-23(29)24-11-17-8-18(12-24)10-19(9-17)13-24/h3-6,17-19,21H,1-2,7-15,25H2,(H,26,29). The molecule has 1 saturated heterocycles. The molecule has 0 radical (unpaired) electrons. The van der Waals surface area contributed by atoms with Gasteiger partial charge in [0, 0.05) is 36.7 Å². The molecule has 5 heteroatoms. The molecule has 1 unspecified atom stereocenters. The van der Waals surface area contributed by atoms with Crippen molar-refractivity contribution in [3.63, 3.8) is 0 Å². The quantitative estimate of drug-likeness (QED) is 0.823. The topological polar surface area (TPSA) is 75.4 Å². The predicted octanol–water partition coefficient (Wildman–Crippen LogP) is 3.08. The summed E-state index contributed by atoms with van der Waals surface area (Å²) in [4.78, 5) is 27.6. The van der Waals surface area contributed by atoms with Crippen LogP contribution in [0.4, 0.5) is 0 Å². The van der Waals surface area contributed by atoms with Gasteiger partial charge in [0.15, 0.2) is 0 Å². The van der Waals surface area contributed by atoms with Crippen LogP contribution in [0.5, 0.6) is 0 Å². The Kier molecular flexibility index (Phi) is 4.89. The Morgan fingerprint density at radius 1 is 1.03 bits per heavy atom. The number of benzene rings is 1. The van der Waals surface area contributed by atoms with Crippen molar-refractivity contribution < 1.29 is 9.59 Å². The van der Waals surface area contributed by atoms with Gasteiger partial charge >= 0.3 is 0 Å². The number of amides is 2. The van der Waals surface area contributed by atoms with Crippen LogP contribution in [-0.4, -0.2) is 35.8 Å².